The maximum Gasteiger partial charge on any atom is 0.123 e. The zero-order valence-corrected chi connectivity index (χ0v) is 14.7. The third-order valence-corrected chi connectivity index (χ3v) is 4.50. The van der Waals surface area contributed by atoms with E-state index in [1.54, 1.807) is 11.3 Å². The van der Waals surface area contributed by atoms with Gasteiger partial charge in [-0.2, -0.15) is 0 Å². The average Bonchev–Trinajstić information content (AvgIpc) is 2.79. The van der Waals surface area contributed by atoms with Crippen LogP contribution in [0, 0.1) is 0 Å². The van der Waals surface area contributed by atoms with Gasteiger partial charge in [0.1, 0.15) is 5.01 Å². The second kappa shape index (κ2) is 6.91. The predicted octanol–water partition coefficient (Wildman–Crippen LogP) is 5.30. The van der Waals surface area contributed by atoms with Crippen LogP contribution in [0.5, 0.6) is 0 Å². The van der Waals surface area contributed by atoms with Gasteiger partial charge in [-0.3, -0.25) is 0 Å². The van der Waals surface area contributed by atoms with Crippen molar-refractivity contribution in [1.82, 2.24) is 10.3 Å². The molecule has 1 heterocycles. The molecule has 4 heteroatoms. The fourth-order valence-electron chi connectivity index (χ4n) is 2.04. The molecule has 0 aliphatic carbocycles. The van der Waals surface area contributed by atoms with Crippen LogP contribution in [0.3, 0.4) is 0 Å². The third kappa shape index (κ3) is 4.80. The number of nitrogens with zero attached hydrogens (tertiary/aromatic N) is 1. The van der Waals surface area contributed by atoms with Crippen LogP contribution in [0.1, 0.15) is 44.7 Å². The van der Waals surface area contributed by atoms with Crippen LogP contribution in [0.15, 0.2) is 24.3 Å². The van der Waals surface area contributed by atoms with Crippen LogP contribution in [-0.4, -0.2) is 10.5 Å². The molecular formula is C17H23ClN2S. The van der Waals surface area contributed by atoms with Crippen LogP contribution in [0.4, 0.5) is 0 Å². The number of halogens is 1. The molecule has 0 spiro atoms. The van der Waals surface area contributed by atoms with Gasteiger partial charge in [0.2, 0.25) is 0 Å². The lowest BCUT2D eigenvalue weighted by molar-refractivity contribution is 0.425. The Morgan fingerprint density at radius 1 is 1.29 bits per heavy atom. The quantitative estimate of drug-likeness (QED) is 0.807. The molecule has 0 bridgehead atoms. The highest BCUT2D eigenvalue weighted by Gasteiger charge is 2.15. The molecule has 0 radical (unpaired) electrons. The Bertz CT molecular complexity index is 599. The number of thiazole rings is 1. The average molecular weight is 323 g/mol. The second-order valence-corrected chi connectivity index (χ2v) is 7.77. The van der Waals surface area contributed by atoms with Gasteiger partial charge in [0, 0.05) is 27.5 Å². The predicted molar refractivity (Wildman–Crippen MR) is 93.1 cm³/mol. The van der Waals surface area contributed by atoms with E-state index in [9.17, 15) is 0 Å². The van der Waals surface area contributed by atoms with Gasteiger partial charge >= 0.3 is 0 Å². The number of nitrogens with one attached hydrogen (secondary N) is 1. The van der Waals surface area contributed by atoms with Crippen molar-refractivity contribution in [3.63, 3.8) is 0 Å². The highest BCUT2D eigenvalue weighted by molar-refractivity contribution is 7.15. The first-order chi connectivity index (χ1) is 9.89. The standard InChI is InChI=1S/C17H23ClN2S/c1-5-7-14-15(11-19-17(2,3)4)21-16(20-14)12-8-6-9-13(18)10-12/h6,8-10,19H,5,7,11H2,1-4H3. The molecule has 2 nitrogen and oxygen atoms in total. The van der Waals surface area contributed by atoms with Crippen molar-refractivity contribution in [3.05, 3.63) is 39.9 Å². The van der Waals surface area contributed by atoms with E-state index in [1.807, 2.05) is 18.2 Å². The molecule has 21 heavy (non-hydrogen) atoms. The summed E-state index contributed by atoms with van der Waals surface area (Å²) in [7, 11) is 0. The molecule has 0 aliphatic rings. The van der Waals surface area contributed by atoms with Gasteiger partial charge in [0.25, 0.3) is 0 Å². The van der Waals surface area contributed by atoms with Crippen molar-refractivity contribution in [2.45, 2.75) is 52.6 Å². The summed E-state index contributed by atoms with van der Waals surface area (Å²) in [5, 5.41) is 5.38. The Morgan fingerprint density at radius 3 is 2.67 bits per heavy atom. The Hall–Kier alpha value is -0.900. The summed E-state index contributed by atoms with van der Waals surface area (Å²) < 4.78 is 0. The molecular weight excluding hydrogens is 300 g/mol. The van der Waals surface area contributed by atoms with Gasteiger partial charge in [-0.15, -0.1) is 11.3 Å². The SMILES string of the molecule is CCCc1nc(-c2cccc(Cl)c2)sc1CNC(C)(C)C. The number of hydrogen-bond acceptors (Lipinski definition) is 3. The van der Waals surface area contributed by atoms with Gasteiger partial charge in [-0.25, -0.2) is 4.98 Å². The van der Waals surface area contributed by atoms with Crippen LogP contribution in [-0.2, 0) is 13.0 Å². The van der Waals surface area contributed by atoms with E-state index >= 15 is 0 Å². The second-order valence-electron chi connectivity index (χ2n) is 6.25. The fraction of sp³-hybridized carbons (Fsp3) is 0.471. The number of aromatic nitrogens is 1. The lowest BCUT2D eigenvalue weighted by Gasteiger charge is -2.20. The summed E-state index contributed by atoms with van der Waals surface area (Å²) in [4.78, 5) is 6.17. The molecule has 2 aromatic rings. The zero-order chi connectivity index (χ0) is 15.5. The van der Waals surface area contributed by atoms with Crippen LogP contribution >= 0.6 is 22.9 Å². The first-order valence-electron chi connectivity index (χ1n) is 7.38. The molecule has 0 unspecified atom stereocenters. The van der Waals surface area contributed by atoms with Crippen LogP contribution in [0.25, 0.3) is 10.6 Å². The Labute approximate surface area is 136 Å². The smallest absolute Gasteiger partial charge is 0.123 e. The summed E-state index contributed by atoms with van der Waals surface area (Å²) in [6.45, 7) is 9.62. The highest BCUT2D eigenvalue weighted by Crippen LogP contribution is 2.30. The summed E-state index contributed by atoms with van der Waals surface area (Å²) >= 11 is 7.86. The van der Waals surface area contributed by atoms with E-state index in [-0.39, 0.29) is 5.54 Å². The molecule has 2 rings (SSSR count). The van der Waals surface area contributed by atoms with Crippen molar-refractivity contribution in [3.8, 4) is 10.6 Å². The van der Waals surface area contributed by atoms with Crippen LogP contribution < -0.4 is 5.32 Å². The van der Waals surface area contributed by atoms with Crippen molar-refractivity contribution in [2.75, 3.05) is 0 Å². The van der Waals surface area contributed by atoms with Crippen molar-refractivity contribution in [2.24, 2.45) is 0 Å². The Kier molecular flexibility index (Phi) is 5.42. The first-order valence-corrected chi connectivity index (χ1v) is 8.58. The minimum atomic E-state index is 0.115. The molecule has 0 saturated heterocycles. The molecule has 0 amide bonds. The molecule has 1 aromatic heterocycles. The molecule has 0 fully saturated rings. The number of rotatable bonds is 5. The normalized spacial score (nSPS) is 11.9. The van der Waals surface area contributed by atoms with Crippen LogP contribution in [0.2, 0.25) is 5.02 Å². The van der Waals surface area contributed by atoms with E-state index in [1.165, 1.54) is 10.6 Å². The lowest BCUT2D eigenvalue weighted by Crippen LogP contribution is -2.35. The van der Waals surface area contributed by atoms with E-state index < -0.39 is 0 Å². The number of aryl methyl sites for hydroxylation is 1. The van der Waals surface area contributed by atoms with Gasteiger partial charge in [-0.05, 0) is 39.3 Å². The fourth-order valence-corrected chi connectivity index (χ4v) is 3.28. The molecule has 0 saturated carbocycles. The van der Waals surface area contributed by atoms with E-state index in [4.69, 9.17) is 16.6 Å². The minimum Gasteiger partial charge on any atom is -0.307 e. The lowest BCUT2D eigenvalue weighted by atomic mass is 10.1. The summed E-state index contributed by atoms with van der Waals surface area (Å²) in [5.41, 5.74) is 2.44. The third-order valence-electron chi connectivity index (χ3n) is 3.12. The topological polar surface area (TPSA) is 24.9 Å². The molecule has 0 atom stereocenters. The minimum absolute atomic E-state index is 0.115. The molecule has 0 aliphatic heterocycles. The highest BCUT2D eigenvalue weighted by atomic mass is 35.5. The van der Waals surface area contributed by atoms with Gasteiger partial charge < -0.3 is 5.32 Å². The Morgan fingerprint density at radius 2 is 2.05 bits per heavy atom. The number of hydrogen-bond donors (Lipinski definition) is 1. The number of benzene rings is 1. The molecule has 114 valence electrons. The molecule has 1 aromatic carbocycles. The largest absolute Gasteiger partial charge is 0.307 e. The Balaban J connectivity index is 2.28. The van der Waals surface area contributed by atoms with Gasteiger partial charge in [-0.1, -0.05) is 37.1 Å². The maximum atomic E-state index is 6.09. The van der Waals surface area contributed by atoms with Crippen molar-refractivity contribution >= 4 is 22.9 Å². The summed E-state index contributed by atoms with van der Waals surface area (Å²) in [6.07, 6.45) is 2.14. The van der Waals surface area contributed by atoms with Gasteiger partial charge in [0.15, 0.2) is 0 Å². The summed E-state index contributed by atoms with van der Waals surface area (Å²) in [5.74, 6) is 0. The van der Waals surface area contributed by atoms with E-state index in [0.29, 0.717) is 0 Å². The maximum absolute atomic E-state index is 6.09. The van der Waals surface area contributed by atoms with E-state index in [0.717, 1.165) is 35.0 Å². The van der Waals surface area contributed by atoms with E-state index in [2.05, 4.69) is 39.1 Å². The first kappa shape index (κ1) is 16.5. The van der Waals surface area contributed by atoms with Crippen molar-refractivity contribution in [1.29, 1.82) is 0 Å². The molecule has 1 N–H and O–H groups in total. The monoisotopic (exact) mass is 322 g/mol. The summed E-state index contributed by atoms with van der Waals surface area (Å²) in [6, 6.07) is 7.93. The van der Waals surface area contributed by atoms with Crippen molar-refractivity contribution < 1.29 is 0 Å². The van der Waals surface area contributed by atoms with Gasteiger partial charge in [0.05, 0.1) is 5.69 Å². The zero-order valence-electron chi connectivity index (χ0n) is 13.2.